The van der Waals surface area contributed by atoms with Crippen LogP contribution in [-0.2, 0) is 4.79 Å². The monoisotopic (exact) mass is 268 g/mol. The summed E-state index contributed by atoms with van der Waals surface area (Å²) < 4.78 is 0. The highest BCUT2D eigenvalue weighted by molar-refractivity contribution is 7.99. The lowest BCUT2D eigenvalue weighted by Crippen LogP contribution is -2.37. The van der Waals surface area contributed by atoms with E-state index in [9.17, 15) is 4.79 Å². The van der Waals surface area contributed by atoms with Gasteiger partial charge in [0, 0.05) is 17.2 Å². The number of rotatable bonds is 3. The molecule has 1 amide bonds. The molecule has 0 bridgehead atoms. The molecular weight excluding hydrogens is 244 g/mol. The van der Waals surface area contributed by atoms with Gasteiger partial charge in [0.05, 0.1) is 0 Å². The second-order valence-electron chi connectivity index (χ2n) is 6.25. The second kappa shape index (κ2) is 5.04. The molecule has 3 fully saturated rings. The first kappa shape index (κ1) is 12.8. The van der Waals surface area contributed by atoms with Gasteiger partial charge in [-0.3, -0.25) is 4.79 Å². The SMILES string of the molecule is CSC1CCC(NC(=O)C2CC23CCNCC3)C1. The lowest BCUT2D eigenvalue weighted by atomic mass is 9.91. The summed E-state index contributed by atoms with van der Waals surface area (Å²) in [4.78, 5) is 12.3. The Kier molecular flexibility index (Phi) is 3.59. The Morgan fingerprint density at radius 2 is 2.11 bits per heavy atom. The number of carbonyl (C=O) groups excluding carboxylic acids is 1. The van der Waals surface area contributed by atoms with Crippen LogP contribution < -0.4 is 10.6 Å². The van der Waals surface area contributed by atoms with Crippen molar-refractivity contribution >= 4 is 17.7 Å². The van der Waals surface area contributed by atoms with Crippen LogP contribution in [0.25, 0.3) is 0 Å². The molecule has 0 radical (unpaired) electrons. The van der Waals surface area contributed by atoms with E-state index in [2.05, 4.69) is 16.9 Å². The minimum absolute atomic E-state index is 0.327. The summed E-state index contributed by atoms with van der Waals surface area (Å²) in [5.41, 5.74) is 0.382. The third kappa shape index (κ3) is 2.42. The van der Waals surface area contributed by atoms with Gasteiger partial charge in [0.2, 0.25) is 5.91 Å². The van der Waals surface area contributed by atoms with Crippen molar-refractivity contribution in [3.05, 3.63) is 0 Å². The van der Waals surface area contributed by atoms with Crippen molar-refractivity contribution in [2.45, 2.75) is 49.8 Å². The van der Waals surface area contributed by atoms with E-state index in [0.717, 1.165) is 24.8 Å². The number of thioether (sulfide) groups is 1. The van der Waals surface area contributed by atoms with Crippen molar-refractivity contribution in [2.24, 2.45) is 11.3 Å². The Morgan fingerprint density at radius 1 is 1.33 bits per heavy atom. The number of nitrogens with one attached hydrogen (secondary N) is 2. The molecule has 1 aliphatic heterocycles. The summed E-state index contributed by atoms with van der Waals surface area (Å²) in [5, 5.41) is 7.46. The molecule has 0 aromatic rings. The van der Waals surface area contributed by atoms with E-state index < -0.39 is 0 Å². The van der Waals surface area contributed by atoms with Gasteiger partial charge in [-0.15, -0.1) is 0 Å². The molecule has 3 atom stereocenters. The smallest absolute Gasteiger partial charge is 0.223 e. The van der Waals surface area contributed by atoms with Crippen molar-refractivity contribution in [1.29, 1.82) is 0 Å². The highest BCUT2D eigenvalue weighted by atomic mass is 32.2. The first-order chi connectivity index (χ1) is 8.73. The van der Waals surface area contributed by atoms with Crippen LogP contribution in [0.5, 0.6) is 0 Å². The highest BCUT2D eigenvalue weighted by Gasteiger charge is 2.57. The van der Waals surface area contributed by atoms with Crippen LogP contribution in [0.15, 0.2) is 0 Å². The molecule has 3 rings (SSSR count). The third-order valence-electron chi connectivity index (χ3n) is 5.17. The molecule has 2 aliphatic carbocycles. The van der Waals surface area contributed by atoms with Gasteiger partial charge in [-0.1, -0.05) is 0 Å². The van der Waals surface area contributed by atoms with Gasteiger partial charge < -0.3 is 10.6 Å². The maximum Gasteiger partial charge on any atom is 0.223 e. The summed E-state index contributed by atoms with van der Waals surface area (Å²) in [6.45, 7) is 2.20. The Labute approximate surface area is 114 Å². The van der Waals surface area contributed by atoms with Crippen molar-refractivity contribution in [3.63, 3.8) is 0 Å². The van der Waals surface area contributed by atoms with Gasteiger partial charge in [0.1, 0.15) is 0 Å². The molecule has 0 aromatic carbocycles. The molecule has 2 saturated carbocycles. The first-order valence-electron chi connectivity index (χ1n) is 7.27. The second-order valence-corrected chi connectivity index (χ2v) is 7.38. The van der Waals surface area contributed by atoms with E-state index in [1.807, 2.05) is 11.8 Å². The third-order valence-corrected chi connectivity index (χ3v) is 6.26. The van der Waals surface area contributed by atoms with Crippen LogP contribution in [0.1, 0.15) is 38.5 Å². The minimum atomic E-state index is 0.327. The van der Waals surface area contributed by atoms with Gasteiger partial charge in [-0.2, -0.15) is 11.8 Å². The van der Waals surface area contributed by atoms with Crippen LogP contribution in [0.2, 0.25) is 0 Å². The molecule has 2 N–H and O–H groups in total. The van der Waals surface area contributed by atoms with Crippen LogP contribution in [0.4, 0.5) is 0 Å². The predicted octanol–water partition coefficient (Wildman–Crippen LogP) is 1.78. The number of piperidine rings is 1. The number of hydrogen-bond donors (Lipinski definition) is 2. The van der Waals surface area contributed by atoms with Gasteiger partial charge in [-0.25, -0.2) is 0 Å². The minimum Gasteiger partial charge on any atom is -0.353 e. The zero-order valence-corrected chi connectivity index (χ0v) is 12.0. The van der Waals surface area contributed by atoms with Crippen molar-refractivity contribution in [1.82, 2.24) is 10.6 Å². The fourth-order valence-electron chi connectivity index (χ4n) is 3.78. The average Bonchev–Trinajstić information content (AvgIpc) is 2.88. The summed E-state index contributed by atoms with van der Waals surface area (Å²) in [7, 11) is 0. The van der Waals surface area contributed by atoms with E-state index in [-0.39, 0.29) is 0 Å². The average molecular weight is 268 g/mol. The van der Waals surface area contributed by atoms with Crippen molar-refractivity contribution in [2.75, 3.05) is 19.3 Å². The topological polar surface area (TPSA) is 41.1 Å². The molecular formula is C14H24N2OS. The van der Waals surface area contributed by atoms with Gasteiger partial charge in [0.25, 0.3) is 0 Å². The zero-order chi connectivity index (χ0) is 12.6. The molecule has 18 heavy (non-hydrogen) atoms. The Balaban J connectivity index is 1.48. The van der Waals surface area contributed by atoms with Gasteiger partial charge >= 0.3 is 0 Å². The van der Waals surface area contributed by atoms with Crippen molar-refractivity contribution < 1.29 is 4.79 Å². The van der Waals surface area contributed by atoms with Gasteiger partial charge in [0.15, 0.2) is 0 Å². The summed E-state index contributed by atoms with van der Waals surface area (Å²) in [6, 6.07) is 0.453. The normalized spacial score (nSPS) is 37.7. The lowest BCUT2D eigenvalue weighted by Gasteiger charge is -2.23. The maximum atomic E-state index is 12.3. The molecule has 3 nitrogen and oxygen atoms in total. The molecule has 0 aromatic heterocycles. The van der Waals surface area contributed by atoms with E-state index >= 15 is 0 Å². The molecule has 3 aliphatic rings. The molecule has 102 valence electrons. The number of carbonyl (C=O) groups is 1. The maximum absolute atomic E-state index is 12.3. The first-order valence-corrected chi connectivity index (χ1v) is 8.56. The zero-order valence-electron chi connectivity index (χ0n) is 11.2. The predicted molar refractivity (Wildman–Crippen MR) is 75.7 cm³/mol. The Morgan fingerprint density at radius 3 is 2.78 bits per heavy atom. The fraction of sp³-hybridized carbons (Fsp3) is 0.929. The van der Waals surface area contributed by atoms with E-state index in [1.54, 1.807) is 0 Å². The summed E-state index contributed by atoms with van der Waals surface area (Å²) in [5.74, 6) is 0.677. The summed E-state index contributed by atoms with van der Waals surface area (Å²) in [6.07, 6.45) is 9.34. The highest BCUT2D eigenvalue weighted by Crippen LogP contribution is 2.58. The summed E-state index contributed by atoms with van der Waals surface area (Å²) >= 11 is 1.95. The van der Waals surface area contributed by atoms with E-state index in [0.29, 0.717) is 23.3 Å². The number of amides is 1. The quantitative estimate of drug-likeness (QED) is 0.820. The molecule has 1 spiro atoms. The van der Waals surface area contributed by atoms with Crippen LogP contribution >= 0.6 is 11.8 Å². The van der Waals surface area contributed by atoms with Crippen LogP contribution in [-0.4, -0.2) is 36.5 Å². The molecule has 4 heteroatoms. The number of hydrogen-bond acceptors (Lipinski definition) is 3. The van der Waals surface area contributed by atoms with Crippen LogP contribution in [0.3, 0.4) is 0 Å². The standard InChI is InChI=1S/C14H24N2OS/c1-18-11-3-2-10(8-11)16-13(17)12-9-14(12)4-6-15-7-5-14/h10-12,15H,2-9H2,1H3,(H,16,17). The van der Waals surface area contributed by atoms with Crippen molar-refractivity contribution in [3.8, 4) is 0 Å². The van der Waals surface area contributed by atoms with Gasteiger partial charge in [-0.05, 0) is 63.3 Å². The van der Waals surface area contributed by atoms with E-state index in [1.165, 1.54) is 32.1 Å². The fourth-order valence-corrected chi connectivity index (χ4v) is 4.58. The Hall–Kier alpha value is -0.220. The van der Waals surface area contributed by atoms with E-state index in [4.69, 9.17) is 0 Å². The molecule has 1 heterocycles. The molecule has 3 unspecified atom stereocenters. The van der Waals surface area contributed by atoms with Crippen LogP contribution in [0, 0.1) is 11.3 Å². The molecule has 1 saturated heterocycles. The Bertz CT molecular complexity index is 328. The lowest BCUT2D eigenvalue weighted by molar-refractivity contribution is -0.123. The largest absolute Gasteiger partial charge is 0.353 e.